The Morgan fingerprint density at radius 2 is 1.19 bits per heavy atom. The Labute approximate surface area is 86.1 Å². The van der Waals surface area contributed by atoms with Gasteiger partial charge in [-0.3, -0.25) is 0 Å². The molecular formula is C4N12. The highest BCUT2D eigenvalue weighted by Gasteiger charge is 2.15. The molecule has 2 aliphatic heterocycles. The van der Waals surface area contributed by atoms with Crippen molar-refractivity contribution in [2.45, 2.75) is 0 Å². The molecule has 0 aromatic carbocycles. The van der Waals surface area contributed by atoms with E-state index in [-0.39, 0.29) is 23.6 Å². The second-order valence-corrected chi connectivity index (χ2v) is 2.25. The smallest absolute Gasteiger partial charge is 0.200 e. The van der Waals surface area contributed by atoms with Gasteiger partial charge in [0.2, 0.25) is 23.6 Å². The quantitative estimate of drug-likeness (QED) is 0.328. The molecule has 12 nitrogen and oxygen atoms in total. The second kappa shape index (κ2) is 3.96. The molecular weight excluding hydrogens is 216 g/mol. The van der Waals surface area contributed by atoms with Gasteiger partial charge in [0.05, 0.1) is 0 Å². The Morgan fingerprint density at radius 1 is 0.750 bits per heavy atom. The lowest BCUT2D eigenvalue weighted by Crippen LogP contribution is -1.81. The minimum atomic E-state index is -0.146. The molecule has 0 saturated heterocycles. The Morgan fingerprint density at radius 3 is 1.56 bits per heavy atom. The molecule has 0 aromatic heterocycles. The zero-order valence-electron chi connectivity index (χ0n) is 7.37. The van der Waals surface area contributed by atoms with Crippen LogP contribution in [0.2, 0.25) is 0 Å². The molecule has 0 unspecified atom stereocenters. The molecule has 2 heterocycles. The first kappa shape index (κ1) is 9.45. The fraction of sp³-hybridized carbons (Fsp3) is 0. The van der Waals surface area contributed by atoms with Gasteiger partial charge in [-0.2, -0.15) is 0 Å². The van der Waals surface area contributed by atoms with Crippen LogP contribution in [0.4, 0.5) is 0 Å². The maximum atomic E-state index is 8.13. The summed E-state index contributed by atoms with van der Waals surface area (Å²) >= 11 is 0. The molecule has 2 rings (SSSR count). The molecule has 76 valence electrons. The fourth-order valence-electron chi connectivity index (χ4n) is 0.817. The minimum Gasteiger partial charge on any atom is -0.200 e. The third kappa shape index (κ3) is 1.72. The van der Waals surface area contributed by atoms with E-state index in [9.17, 15) is 0 Å². The van der Waals surface area contributed by atoms with E-state index >= 15 is 0 Å². The Hall–Kier alpha value is -3.10. The lowest BCUT2D eigenvalue weighted by atomic mass is 10.7. The highest BCUT2D eigenvalue weighted by atomic mass is 15.4. The molecule has 0 aliphatic carbocycles. The van der Waals surface area contributed by atoms with E-state index in [1.165, 1.54) is 0 Å². The molecule has 0 spiro atoms. The monoisotopic (exact) mass is 216 g/mol. The minimum absolute atomic E-state index is 0.0364. The van der Waals surface area contributed by atoms with Crippen LogP contribution >= 0.6 is 0 Å². The highest BCUT2D eigenvalue weighted by molar-refractivity contribution is 5.85. The molecule has 0 radical (unpaired) electrons. The summed E-state index contributed by atoms with van der Waals surface area (Å²) in [7, 11) is 0. The van der Waals surface area contributed by atoms with Crippen LogP contribution in [0.1, 0.15) is 0 Å². The van der Waals surface area contributed by atoms with Crippen molar-refractivity contribution in [2.75, 3.05) is 0 Å². The third-order valence-electron chi connectivity index (χ3n) is 1.35. The van der Waals surface area contributed by atoms with Crippen LogP contribution in [0, 0.1) is 0 Å². The van der Waals surface area contributed by atoms with E-state index in [1.54, 1.807) is 0 Å². The van der Waals surface area contributed by atoms with Crippen LogP contribution in [0.15, 0.2) is 52.3 Å². The first-order valence-corrected chi connectivity index (χ1v) is 3.69. The van der Waals surface area contributed by atoms with Gasteiger partial charge in [-0.05, 0) is 21.3 Å². The SMILES string of the molecule is [N-]=[N+]=NC1=NC(=C2N=NC(N=[N+]=[N-])=N2)N=N1. The number of hydrogen-bond acceptors (Lipinski definition) is 8. The van der Waals surface area contributed by atoms with Gasteiger partial charge in [0.15, 0.2) is 0 Å². The van der Waals surface area contributed by atoms with Crippen molar-refractivity contribution in [3.8, 4) is 0 Å². The summed E-state index contributed by atoms with van der Waals surface area (Å²) in [4.78, 5) is 12.4. The molecule has 0 fully saturated rings. The second-order valence-electron chi connectivity index (χ2n) is 2.25. The number of azide groups is 2. The van der Waals surface area contributed by atoms with Gasteiger partial charge >= 0.3 is 0 Å². The number of nitrogens with zero attached hydrogens (tertiary/aromatic N) is 12. The van der Waals surface area contributed by atoms with Crippen molar-refractivity contribution in [1.29, 1.82) is 0 Å². The first-order chi connectivity index (χ1) is 7.83. The molecule has 0 amide bonds. The van der Waals surface area contributed by atoms with Gasteiger partial charge in [-0.25, -0.2) is 9.98 Å². The van der Waals surface area contributed by atoms with Crippen molar-refractivity contribution < 1.29 is 0 Å². The molecule has 2 aliphatic rings. The van der Waals surface area contributed by atoms with E-state index < -0.39 is 0 Å². The van der Waals surface area contributed by atoms with Crippen LogP contribution in [0.5, 0.6) is 0 Å². The van der Waals surface area contributed by atoms with E-state index in [2.05, 4.69) is 50.5 Å². The van der Waals surface area contributed by atoms with Crippen molar-refractivity contribution in [2.24, 2.45) is 40.7 Å². The largest absolute Gasteiger partial charge is 0.240 e. The molecule has 0 saturated carbocycles. The maximum absolute atomic E-state index is 8.13. The lowest BCUT2D eigenvalue weighted by molar-refractivity contribution is 1.07. The standard InChI is InChI=1S/C4N12/c5-15-13-3-7-1(9-11-3)2-8-4(12-10-2)14-16-6. The van der Waals surface area contributed by atoms with Crippen molar-refractivity contribution in [1.82, 2.24) is 0 Å². The normalized spacial score (nSPS) is 21.2. The van der Waals surface area contributed by atoms with Gasteiger partial charge in [0, 0.05) is 9.82 Å². The van der Waals surface area contributed by atoms with Gasteiger partial charge in [0.1, 0.15) is 0 Å². The van der Waals surface area contributed by atoms with Crippen LogP contribution in [0.25, 0.3) is 20.9 Å². The van der Waals surface area contributed by atoms with E-state index in [0.29, 0.717) is 0 Å². The summed E-state index contributed by atoms with van der Waals surface area (Å²) in [5.74, 6) is -0.219. The maximum Gasteiger partial charge on any atom is 0.240 e. The summed E-state index contributed by atoms with van der Waals surface area (Å²) in [5.41, 5.74) is 16.3. The van der Waals surface area contributed by atoms with Crippen LogP contribution in [0.3, 0.4) is 0 Å². The predicted molar refractivity (Wildman–Crippen MR) is 49.9 cm³/mol. The number of rotatable bonds is 0. The highest BCUT2D eigenvalue weighted by Crippen LogP contribution is 2.21. The van der Waals surface area contributed by atoms with Crippen LogP contribution < -0.4 is 0 Å². The molecule has 0 aromatic rings. The lowest BCUT2D eigenvalue weighted by Gasteiger charge is -1.84. The van der Waals surface area contributed by atoms with Crippen molar-refractivity contribution >= 4 is 11.9 Å². The molecule has 0 bridgehead atoms. The Balaban J connectivity index is 2.35. The van der Waals surface area contributed by atoms with Gasteiger partial charge in [0.25, 0.3) is 0 Å². The molecule has 16 heavy (non-hydrogen) atoms. The summed E-state index contributed by atoms with van der Waals surface area (Å²) in [6, 6.07) is 0. The zero-order chi connectivity index (χ0) is 11.4. The Bertz CT molecular complexity index is 520. The van der Waals surface area contributed by atoms with Gasteiger partial charge < -0.3 is 0 Å². The molecule has 0 atom stereocenters. The van der Waals surface area contributed by atoms with E-state index in [1.807, 2.05) is 0 Å². The zero-order valence-corrected chi connectivity index (χ0v) is 7.37. The average Bonchev–Trinajstić information content (AvgIpc) is 2.87. The van der Waals surface area contributed by atoms with Gasteiger partial charge in [-0.1, -0.05) is 0 Å². The van der Waals surface area contributed by atoms with Crippen LogP contribution in [-0.4, -0.2) is 11.9 Å². The fourth-order valence-corrected chi connectivity index (χ4v) is 0.817. The average molecular weight is 216 g/mol. The summed E-state index contributed by atoms with van der Waals surface area (Å²) in [5, 5.41) is 20.3. The topological polar surface area (TPSA) is 172 Å². The number of hydrogen-bond donors (Lipinski definition) is 0. The molecule has 12 heteroatoms. The molecule has 0 N–H and O–H groups in total. The Kier molecular flexibility index (Phi) is 2.34. The third-order valence-corrected chi connectivity index (χ3v) is 1.35. The van der Waals surface area contributed by atoms with Crippen LogP contribution in [-0.2, 0) is 0 Å². The number of azo groups is 2. The summed E-state index contributed by atoms with van der Waals surface area (Å²) < 4.78 is 0. The van der Waals surface area contributed by atoms with Gasteiger partial charge in [-0.15, -0.1) is 20.5 Å². The summed E-state index contributed by atoms with van der Waals surface area (Å²) in [6.45, 7) is 0. The van der Waals surface area contributed by atoms with E-state index in [0.717, 1.165) is 0 Å². The van der Waals surface area contributed by atoms with Crippen molar-refractivity contribution in [3.05, 3.63) is 32.5 Å². The number of guanidine groups is 2. The first-order valence-electron chi connectivity index (χ1n) is 3.69. The predicted octanol–water partition coefficient (Wildman–Crippen LogP) is 2.38. The summed E-state index contributed by atoms with van der Waals surface area (Å²) in [6.07, 6.45) is 0. The van der Waals surface area contributed by atoms with E-state index in [4.69, 9.17) is 11.1 Å². The van der Waals surface area contributed by atoms with Crippen molar-refractivity contribution in [3.63, 3.8) is 0 Å². The number of aliphatic imine (C=N–C) groups is 2.